The number of nitrogens with zero attached hydrogens (tertiary/aromatic N) is 6. The number of amides is 1. The van der Waals surface area contributed by atoms with Gasteiger partial charge in [0.25, 0.3) is 12.4 Å². The molecule has 1 aliphatic rings. The van der Waals surface area contributed by atoms with E-state index in [1.54, 1.807) is 30.5 Å². The van der Waals surface area contributed by atoms with Gasteiger partial charge in [0.1, 0.15) is 22.7 Å². The highest BCUT2D eigenvalue weighted by Crippen LogP contribution is 2.27. The molecule has 4 heterocycles. The van der Waals surface area contributed by atoms with E-state index in [1.807, 2.05) is 0 Å². The lowest BCUT2D eigenvalue weighted by Gasteiger charge is -2.34. The minimum Gasteiger partial charge on any atom is -0.483 e. The number of hydrogen-bond donors (Lipinski definition) is 2. The Hall–Kier alpha value is -4.78. The zero-order chi connectivity index (χ0) is 27.1. The molecule has 1 saturated heterocycles. The predicted octanol–water partition coefficient (Wildman–Crippen LogP) is 2.24. The number of rotatable bonds is 5. The molecule has 1 aliphatic heterocycles. The molecule has 12 nitrogen and oxygen atoms in total. The van der Waals surface area contributed by atoms with Crippen LogP contribution in [0, 0.1) is 5.82 Å². The lowest BCUT2D eigenvalue weighted by atomic mass is 10.0. The average molecular weight is 522 g/mol. The van der Waals surface area contributed by atoms with Crippen molar-refractivity contribution in [3.63, 3.8) is 0 Å². The largest absolute Gasteiger partial charge is 0.483 e. The summed E-state index contributed by atoms with van der Waals surface area (Å²) in [5.41, 5.74) is 1.38. The molecule has 0 unspecified atom stereocenters. The van der Waals surface area contributed by atoms with Crippen molar-refractivity contribution in [2.24, 2.45) is 0 Å². The first-order chi connectivity index (χ1) is 18.5. The second kappa shape index (κ2) is 12.0. The van der Waals surface area contributed by atoms with Gasteiger partial charge in [-0.1, -0.05) is 5.21 Å². The smallest absolute Gasteiger partial charge is 0.341 e. The molecule has 0 aliphatic carbocycles. The van der Waals surface area contributed by atoms with Gasteiger partial charge in [0.15, 0.2) is 5.65 Å². The van der Waals surface area contributed by atoms with Gasteiger partial charge in [-0.05, 0) is 55.8 Å². The van der Waals surface area contributed by atoms with Gasteiger partial charge < -0.3 is 15.2 Å². The number of carbonyl (C=O) groups excluding carboxylic acids is 2. The Morgan fingerprint density at radius 3 is 2.66 bits per heavy atom. The first-order valence-corrected chi connectivity index (χ1v) is 11.6. The third-order valence-corrected chi connectivity index (χ3v) is 5.91. The van der Waals surface area contributed by atoms with Gasteiger partial charge in [0.2, 0.25) is 0 Å². The zero-order valence-electron chi connectivity index (χ0n) is 20.3. The lowest BCUT2D eigenvalue weighted by Crippen LogP contribution is -2.50. The van der Waals surface area contributed by atoms with Crippen LogP contribution >= 0.6 is 0 Å². The number of benzene rings is 1. The van der Waals surface area contributed by atoms with E-state index in [1.165, 1.54) is 41.1 Å². The minimum atomic E-state index is -0.739. The van der Waals surface area contributed by atoms with Crippen LogP contribution in [0.5, 0.6) is 0 Å². The third-order valence-electron chi connectivity index (χ3n) is 5.91. The maximum Gasteiger partial charge on any atom is 0.341 e. The number of nitrogens with one attached hydrogen (secondary N) is 1. The minimum absolute atomic E-state index is 0.131. The summed E-state index contributed by atoms with van der Waals surface area (Å²) in [4.78, 5) is 44.5. The first kappa shape index (κ1) is 26.3. The topological polar surface area (TPSA) is 152 Å². The van der Waals surface area contributed by atoms with Crippen molar-refractivity contribution >= 4 is 35.3 Å². The highest BCUT2D eigenvalue weighted by atomic mass is 19.1. The molecular formula is C25H24FN7O5. The van der Waals surface area contributed by atoms with Crippen LogP contribution in [0.2, 0.25) is 0 Å². The SMILES string of the molecule is COC(=O)c1cccnc1N(C(=O)c1ccc(-n2nnc3cccnc32)cc1F)[C@@H]1CCCNC1.O=CO. The Morgan fingerprint density at radius 2 is 1.95 bits per heavy atom. The van der Waals surface area contributed by atoms with Gasteiger partial charge in [0.05, 0.1) is 24.4 Å². The fourth-order valence-electron chi connectivity index (χ4n) is 4.22. The summed E-state index contributed by atoms with van der Waals surface area (Å²) >= 11 is 0. The van der Waals surface area contributed by atoms with Gasteiger partial charge in [-0.2, -0.15) is 4.68 Å². The van der Waals surface area contributed by atoms with Crippen molar-refractivity contribution in [3.8, 4) is 5.69 Å². The monoisotopic (exact) mass is 521 g/mol. The zero-order valence-corrected chi connectivity index (χ0v) is 20.3. The summed E-state index contributed by atoms with van der Waals surface area (Å²) in [6, 6.07) is 10.5. The molecule has 13 heteroatoms. The molecule has 3 aromatic heterocycles. The summed E-state index contributed by atoms with van der Waals surface area (Å²) in [5.74, 6) is -1.84. The number of pyridine rings is 2. The van der Waals surface area contributed by atoms with Crippen molar-refractivity contribution in [3.05, 3.63) is 71.8 Å². The van der Waals surface area contributed by atoms with E-state index in [4.69, 9.17) is 14.6 Å². The quantitative estimate of drug-likeness (QED) is 0.295. The molecule has 0 spiro atoms. The van der Waals surface area contributed by atoms with Crippen molar-refractivity contribution in [2.45, 2.75) is 18.9 Å². The Bertz CT molecular complexity index is 1460. The van der Waals surface area contributed by atoms with Crippen LogP contribution in [0.3, 0.4) is 0 Å². The highest BCUT2D eigenvalue weighted by molar-refractivity contribution is 6.09. The number of esters is 1. The van der Waals surface area contributed by atoms with E-state index in [0.29, 0.717) is 29.8 Å². The Labute approximate surface area is 216 Å². The fourth-order valence-corrected chi connectivity index (χ4v) is 4.22. The van der Waals surface area contributed by atoms with Crippen LogP contribution in [-0.4, -0.2) is 74.7 Å². The molecule has 196 valence electrons. The maximum atomic E-state index is 15.4. The molecule has 0 saturated carbocycles. The number of anilines is 1. The molecule has 5 rings (SSSR count). The van der Waals surface area contributed by atoms with Gasteiger partial charge in [0, 0.05) is 25.0 Å². The van der Waals surface area contributed by atoms with E-state index in [9.17, 15) is 9.59 Å². The normalized spacial score (nSPS) is 14.7. The van der Waals surface area contributed by atoms with Crippen LogP contribution in [0.15, 0.2) is 54.9 Å². The van der Waals surface area contributed by atoms with Gasteiger partial charge in [-0.25, -0.2) is 19.2 Å². The third kappa shape index (κ3) is 5.32. The maximum absolute atomic E-state index is 15.4. The summed E-state index contributed by atoms with van der Waals surface area (Å²) in [6.07, 6.45) is 4.58. The van der Waals surface area contributed by atoms with E-state index >= 15 is 4.39 Å². The van der Waals surface area contributed by atoms with Gasteiger partial charge in [-0.3, -0.25) is 14.5 Å². The van der Waals surface area contributed by atoms with Crippen LogP contribution in [0.4, 0.5) is 10.2 Å². The van der Waals surface area contributed by atoms with Crippen LogP contribution in [0.1, 0.15) is 33.6 Å². The lowest BCUT2D eigenvalue weighted by molar-refractivity contribution is -0.122. The standard InChI is InChI=1S/C24H22FN7O3.CH2O2/c1-35-24(34)18-6-3-11-27-21(18)31(16-5-2-10-26-14-16)23(33)17-9-8-15(13-19(17)25)32-22-20(29-30-32)7-4-12-28-22;2-1-3/h3-4,6-9,11-13,16,26H,2,5,10,14H2,1H3;1H,(H,2,3)/t16-;/m1./s1. The molecule has 0 radical (unpaired) electrons. The molecular weight excluding hydrogens is 497 g/mol. The van der Waals surface area contributed by atoms with Crippen LogP contribution in [0.25, 0.3) is 16.9 Å². The number of carbonyl (C=O) groups is 3. The molecule has 4 aromatic rings. The van der Waals surface area contributed by atoms with Crippen molar-refractivity contribution in [1.82, 2.24) is 30.3 Å². The molecule has 1 fully saturated rings. The van der Waals surface area contributed by atoms with Crippen molar-refractivity contribution in [1.29, 1.82) is 0 Å². The van der Waals surface area contributed by atoms with Gasteiger partial charge in [-0.15, -0.1) is 5.10 Å². The van der Waals surface area contributed by atoms with Crippen LogP contribution in [-0.2, 0) is 9.53 Å². The average Bonchev–Trinajstić information content (AvgIpc) is 3.38. The number of ether oxygens (including phenoxy) is 1. The van der Waals surface area contributed by atoms with Gasteiger partial charge >= 0.3 is 5.97 Å². The number of methoxy groups -OCH3 is 1. The van der Waals surface area contributed by atoms with E-state index in [0.717, 1.165) is 13.0 Å². The van der Waals surface area contributed by atoms with E-state index < -0.39 is 17.7 Å². The number of carboxylic acid groups (broad SMARTS) is 1. The summed E-state index contributed by atoms with van der Waals surface area (Å²) < 4.78 is 21.7. The molecule has 1 amide bonds. The molecule has 1 atom stereocenters. The summed E-state index contributed by atoms with van der Waals surface area (Å²) in [7, 11) is 1.26. The Balaban J connectivity index is 0.00000107. The fraction of sp³-hybridized carbons (Fsp3) is 0.240. The summed E-state index contributed by atoms with van der Waals surface area (Å²) in [5, 5.41) is 18.2. The molecule has 2 N–H and O–H groups in total. The number of halogens is 1. The number of hydrogen-bond acceptors (Lipinski definition) is 9. The van der Waals surface area contributed by atoms with E-state index in [-0.39, 0.29) is 29.5 Å². The molecule has 1 aromatic carbocycles. The number of aromatic nitrogens is 5. The second-order valence-electron chi connectivity index (χ2n) is 8.16. The highest BCUT2D eigenvalue weighted by Gasteiger charge is 2.33. The number of fused-ring (bicyclic) bond motifs is 1. The van der Waals surface area contributed by atoms with Crippen LogP contribution < -0.4 is 10.2 Å². The Kier molecular flexibility index (Phi) is 8.28. The van der Waals surface area contributed by atoms with E-state index in [2.05, 4.69) is 25.6 Å². The number of piperidine rings is 1. The first-order valence-electron chi connectivity index (χ1n) is 11.6. The van der Waals surface area contributed by atoms with Crippen molar-refractivity contribution in [2.75, 3.05) is 25.1 Å². The molecule has 38 heavy (non-hydrogen) atoms. The Morgan fingerprint density at radius 1 is 1.18 bits per heavy atom. The van der Waals surface area contributed by atoms with Crippen molar-refractivity contribution < 1.29 is 28.6 Å². The second-order valence-corrected chi connectivity index (χ2v) is 8.16. The predicted molar refractivity (Wildman–Crippen MR) is 134 cm³/mol. The summed E-state index contributed by atoms with van der Waals surface area (Å²) in [6.45, 7) is 1.05. The molecule has 0 bridgehead atoms.